The fourth-order valence-corrected chi connectivity index (χ4v) is 3.58. The molecule has 17 heavy (non-hydrogen) atoms. The van der Waals surface area contributed by atoms with Crippen LogP contribution in [0.5, 0.6) is 0 Å². The van der Waals surface area contributed by atoms with Crippen LogP contribution in [0.4, 0.5) is 0 Å². The summed E-state index contributed by atoms with van der Waals surface area (Å²) in [5, 5.41) is 3.53. The maximum absolute atomic E-state index is 3.54. The van der Waals surface area contributed by atoms with E-state index in [1.807, 2.05) is 0 Å². The summed E-state index contributed by atoms with van der Waals surface area (Å²) in [6.45, 7) is 2.22. The topological polar surface area (TPSA) is 12.0 Å². The molecule has 1 unspecified atom stereocenters. The molecule has 94 valence electrons. The van der Waals surface area contributed by atoms with Crippen LogP contribution in [0.3, 0.4) is 0 Å². The lowest BCUT2D eigenvalue weighted by Gasteiger charge is -2.31. The Morgan fingerprint density at radius 3 is 2.53 bits per heavy atom. The molecule has 0 heterocycles. The van der Waals surface area contributed by atoms with Crippen LogP contribution in [-0.4, -0.2) is 7.05 Å². The highest BCUT2D eigenvalue weighted by molar-refractivity contribution is 9.10. The van der Waals surface area contributed by atoms with Crippen molar-refractivity contribution in [3.8, 4) is 0 Å². The van der Waals surface area contributed by atoms with E-state index in [0.717, 1.165) is 5.92 Å². The molecule has 1 aromatic rings. The maximum Gasteiger partial charge on any atom is 0.0348 e. The number of halogens is 1. The van der Waals surface area contributed by atoms with Crippen molar-refractivity contribution in [1.29, 1.82) is 0 Å². The monoisotopic (exact) mass is 295 g/mol. The summed E-state index contributed by atoms with van der Waals surface area (Å²) in [6, 6.07) is 7.19. The molecule has 1 saturated carbocycles. The van der Waals surface area contributed by atoms with Gasteiger partial charge in [-0.2, -0.15) is 0 Å². The minimum Gasteiger partial charge on any atom is -0.313 e. The lowest BCUT2D eigenvalue weighted by atomic mass is 9.80. The minimum atomic E-state index is 0.531. The molecular formula is C15H22BrN. The van der Waals surface area contributed by atoms with Crippen LogP contribution >= 0.6 is 15.9 Å². The van der Waals surface area contributed by atoms with E-state index in [1.54, 1.807) is 0 Å². The van der Waals surface area contributed by atoms with Gasteiger partial charge in [-0.15, -0.1) is 0 Å². The Morgan fingerprint density at radius 1 is 1.24 bits per heavy atom. The average Bonchev–Trinajstić information content (AvgIpc) is 2.34. The first-order valence-corrected chi connectivity index (χ1v) is 7.45. The zero-order valence-electron chi connectivity index (χ0n) is 10.8. The molecule has 2 rings (SSSR count). The minimum absolute atomic E-state index is 0.531. The molecule has 0 aromatic heterocycles. The molecule has 0 radical (unpaired) electrons. The van der Waals surface area contributed by atoms with Crippen molar-refractivity contribution in [2.45, 2.75) is 45.1 Å². The number of hydrogen-bond acceptors (Lipinski definition) is 1. The molecule has 1 aliphatic carbocycles. The van der Waals surface area contributed by atoms with Gasteiger partial charge >= 0.3 is 0 Å². The van der Waals surface area contributed by atoms with E-state index >= 15 is 0 Å². The van der Waals surface area contributed by atoms with Crippen LogP contribution < -0.4 is 5.32 Å². The molecule has 0 saturated heterocycles. The summed E-state index contributed by atoms with van der Waals surface area (Å²) < 4.78 is 1.18. The van der Waals surface area contributed by atoms with Gasteiger partial charge < -0.3 is 5.32 Å². The molecular weight excluding hydrogens is 274 g/mol. The first-order chi connectivity index (χ1) is 8.22. The largest absolute Gasteiger partial charge is 0.313 e. The van der Waals surface area contributed by atoms with E-state index < -0.39 is 0 Å². The molecule has 1 aromatic carbocycles. The molecule has 0 amide bonds. The van der Waals surface area contributed by atoms with Gasteiger partial charge in [-0.3, -0.25) is 0 Å². The molecule has 0 spiro atoms. The number of hydrogen-bond donors (Lipinski definition) is 1. The van der Waals surface area contributed by atoms with Gasteiger partial charge in [-0.25, -0.2) is 0 Å². The Kier molecular flexibility index (Phi) is 4.63. The molecule has 0 aliphatic heterocycles. The molecule has 0 bridgehead atoms. The van der Waals surface area contributed by atoms with Crippen LogP contribution in [0.25, 0.3) is 0 Å². The highest BCUT2D eigenvalue weighted by atomic mass is 79.9. The third-order valence-electron chi connectivity index (χ3n) is 4.00. The van der Waals surface area contributed by atoms with Crippen LogP contribution in [-0.2, 0) is 0 Å². The maximum atomic E-state index is 3.54. The number of nitrogens with one attached hydrogen (secondary N) is 1. The zero-order chi connectivity index (χ0) is 12.3. The summed E-state index contributed by atoms with van der Waals surface area (Å²) in [7, 11) is 2.10. The summed E-state index contributed by atoms with van der Waals surface area (Å²) >= 11 is 3.54. The number of rotatable bonds is 3. The first kappa shape index (κ1) is 13.1. The van der Waals surface area contributed by atoms with Gasteiger partial charge in [-0.1, -0.05) is 41.3 Å². The molecule has 1 fully saturated rings. The summed E-state index contributed by atoms with van der Waals surface area (Å²) in [5.41, 5.74) is 2.87. The van der Waals surface area contributed by atoms with Gasteiger partial charge in [0.15, 0.2) is 0 Å². The molecule has 1 atom stereocenters. The lowest BCUT2D eigenvalue weighted by Crippen LogP contribution is -2.27. The Morgan fingerprint density at radius 2 is 1.94 bits per heavy atom. The smallest absolute Gasteiger partial charge is 0.0348 e. The highest BCUT2D eigenvalue weighted by Crippen LogP contribution is 2.35. The quantitative estimate of drug-likeness (QED) is 0.859. The van der Waals surface area contributed by atoms with Crippen LogP contribution in [0, 0.1) is 12.8 Å². The standard InChI is InChI=1S/C15H22BrN/c1-11-10-13(16)8-9-14(11)15(17-2)12-6-4-3-5-7-12/h8-10,12,15,17H,3-7H2,1-2H3. The van der Waals surface area contributed by atoms with Gasteiger partial charge in [-0.05, 0) is 56.0 Å². The highest BCUT2D eigenvalue weighted by Gasteiger charge is 2.24. The molecule has 2 heteroatoms. The Balaban J connectivity index is 2.21. The Labute approximate surface area is 113 Å². The van der Waals surface area contributed by atoms with E-state index in [9.17, 15) is 0 Å². The molecule has 1 N–H and O–H groups in total. The fourth-order valence-electron chi connectivity index (χ4n) is 3.10. The van der Waals surface area contributed by atoms with Gasteiger partial charge in [0, 0.05) is 10.5 Å². The van der Waals surface area contributed by atoms with Crippen molar-refractivity contribution >= 4 is 15.9 Å². The number of benzene rings is 1. The van der Waals surface area contributed by atoms with E-state index in [2.05, 4.69) is 53.4 Å². The second-order valence-corrected chi connectivity index (χ2v) is 6.08. The predicted molar refractivity (Wildman–Crippen MR) is 77.3 cm³/mol. The van der Waals surface area contributed by atoms with Gasteiger partial charge in [0.05, 0.1) is 0 Å². The normalized spacial score (nSPS) is 19.2. The average molecular weight is 296 g/mol. The van der Waals surface area contributed by atoms with Crippen molar-refractivity contribution in [3.63, 3.8) is 0 Å². The van der Waals surface area contributed by atoms with Crippen molar-refractivity contribution in [2.75, 3.05) is 7.05 Å². The summed E-state index contributed by atoms with van der Waals surface area (Å²) in [5.74, 6) is 0.814. The van der Waals surface area contributed by atoms with Crippen molar-refractivity contribution in [2.24, 2.45) is 5.92 Å². The van der Waals surface area contributed by atoms with Crippen LogP contribution in [0.2, 0.25) is 0 Å². The van der Waals surface area contributed by atoms with Gasteiger partial charge in [0.2, 0.25) is 0 Å². The molecule has 1 aliphatic rings. The first-order valence-electron chi connectivity index (χ1n) is 6.65. The third kappa shape index (κ3) is 3.11. The second kappa shape index (κ2) is 6.01. The molecule has 1 nitrogen and oxygen atoms in total. The van der Waals surface area contributed by atoms with E-state index in [1.165, 1.54) is 47.7 Å². The van der Waals surface area contributed by atoms with E-state index in [0.29, 0.717) is 6.04 Å². The lowest BCUT2D eigenvalue weighted by molar-refractivity contribution is 0.281. The van der Waals surface area contributed by atoms with Gasteiger partial charge in [0.25, 0.3) is 0 Å². The second-order valence-electron chi connectivity index (χ2n) is 5.17. The van der Waals surface area contributed by atoms with Crippen molar-refractivity contribution in [1.82, 2.24) is 5.32 Å². The SMILES string of the molecule is CNC(c1ccc(Br)cc1C)C1CCCCC1. The fraction of sp³-hybridized carbons (Fsp3) is 0.600. The zero-order valence-corrected chi connectivity index (χ0v) is 12.4. The Hall–Kier alpha value is -0.340. The van der Waals surface area contributed by atoms with Crippen LogP contribution in [0.1, 0.15) is 49.3 Å². The van der Waals surface area contributed by atoms with Crippen molar-refractivity contribution in [3.05, 3.63) is 33.8 Å². The van der Waals surface area contributed by atoms with E-state index in [-0.39, 0.29) is 0 Å². The van der Waals surface area contributed by atoms with E-state index in [4.69, 9.17) is 0 Å². The third-order valence-corrected chi connectivity index (χ3v) is 4.49. The summed E-state index contributed by atoms with van der Waals surface area (Å²) in [4.78, 5) is 0. The predicted octanol–water partition coefficient (Wildman–Crippen LogP) is 4.60. The van der Waals surface area contributed by atoms with Crippen LogP contribution in [0.15, 0.2) is 22.7 Å². The van der Waals surface area contributed by atoms with Gasteiger partial charge in [0.1, 0.15) is 0 Å². The Bertz CT molecular complexity index is 369. The summed E-state index contributed by atoms with van der Waals surface area (Å²) in [6.07, 6.45) is 6.98. The number of aryl methyl sites for hydroxylation is 1. The van der Waals surface area contributed by atoms with Crippen molar-refractivity contribution < 1.29 is 0 Å².